The fraction of sp³-hybridized carbons (Fsp3) is 0.600. The van der Waals surface area contributed by atoms with Gasteiger partial charge < -0.3 is 10.2 Å². The fourth-order valence-electron chi connectivity index (χ4n) is 2.03. The van der Waals surface area contributed by atoms with E-state index in [1.807, 2.05) is 13.8 Å². The Morgan fingerprint density at radius 2 is 1.81 bits per heavy atom. The normalized spacial score (nSPS) is 12.3. The molecule has 0 saturated heterocycles. The summed E-state index contributed by atoms with van der Waals surface area (Å²) in [6.07, 6.45) is -4.24. The summed E-state index contributed by atoms with van der Waals surface area (Å²) in [5.41, 5.74) is 1.34. The van der Waals surface area contributed by atoms with Crippen LogP contribution in [0.25, 0.3) is 0 Å². The maximum Gasteiger partial charge on any atom is 0.405 e. The van der Waals surface area contributed by atoms with Crippen LogP contribution in [0.2, 0.25) is 5.02 Å². The lowest BCUT2D eigenvalue weighted by atomic mass is 10.1. The van der Waals surface area contributed by atoms with E-state index >= 15 is 0 Å². The first-order valence-electron chi connectivity index (χ1n) is 6.95. The van der Waals surface area contributed by atoms with E-state index in [1.54, 1.807) is 32.0 Å². The van der Waals surface area contributed by atoms with Crippen LogP contribution in [0.1, 0.15) is 33.3 Å². The molecule has 0 spiro atoms. The summed E-state index contributed by atoms with van der Waals surface area (Å²) in [5, 5.41) is 3.74. The highest BCUT2D eigenvalue weighted by Crippen LogP contribution is 2.29. The molecule has 6 heteroatoms. The number of alkyl halides is 3. The molecule has 0 bridgehead atoms. The van der Waals surface area contributed by atoms with Gasteiger partial charge in [-0.2, -0.15) is 13.2 Å². The lowest BCUT2D eigenvalue weighted by Gasteiger charge is -2.32. The lowest BCUT2D eigenvalue weighted by Crippen LogP contribution is -2.40. The predicted molar refractivity (Wildman–Crippen MR) is 82.0 cm³/mol. The summed E-state index contributed by atoms with van der Waals surface area (Å²) in [4.78, 5) is 1.35. The van der Waals surface area contributed by atoms with Crippen LogP contribution in [0.3, 0.4) is 0 Å². The number of anilines is 1. The summed E-state index contributed by atoms with van der Waals surface area (Å²) in [6.45, 7) is 6.98. The van der Waals surface area contributed by atoms with Gasteiger partial charge in [-0.05, 0) is 37.6 Å². The molecule has 1 N–H and O–H groups in total. The zero-order valence-electron chi connectivity index (χ0n) is 12.8. The highest BCUT2D eigenvalue weighted by molar-refractivity contribution is 6.30. The zero-order chi connectivity index (χ0) is 16.2. The molecule has 1 rings (SSSR count). The van der Waals surface area contributed by atoms with E-state index in [-0.39, 0.29) is 12.1 Å². The average molecular weight is 323 g/mol. The average Bonchev–Trinajstić information content (AvgIpc) is 2.32. The zero-order valence-corrected chi connectivity index (χ0v) is 13.5. The van der Waals surface area contributed by atoms with Crippen LogP contribution in [-0.4, -0.2) is 24.8 Å². The Morgan fingerprint density at radius 1 is 1.19 bits per heavy atom. The first-order chi connectivity index (χ1) is 9.60. The molecule has 0 atom stereocenters. The molecule has 1 aromatic rings. The standard InChI is InChI=1S/C15H22ClF3N2/c1-10(2)20-8-12-7-13(16)5-6-14(12)21(11(3)4)9-15(17,18)19/h5-7,10-11,20H,8-9H2,1-4H3. The SMILES string of the molecule is CC(C)NCc1cc(Cl)ccc1N(CC(F)(F)F)C(C)C. The number of hydrogen-bond acceptors (Lipinski definition) is 2. The summed E-state index contributed by atoms with van der Waals surface area (Å²) in [7, 11) is 0. The van der Waals surface area contributed by atoms with Crippen LogP contribution >= 0.6 is 11.6 Å². The molecule has 1 aromatic carbocycles. The van der Waals surface area contributed by atoms with Crippen molar-refractivity contribution in [1.82, 2.24) is 5.32 Å². The molecule has 0 heterocycles. The molecule has 0 radical (unpaired) electrons. The molecule has 0 amide bonds. The van der Waals surface area contributed by atoms with Crippen molar-refractivity contribution in [3.63, 3.8) is 0 Å². The van der Waals surface area contributed by atoms with Gasteiger partial charge in [-0.1, -0.05) is 25.4 Å². The van der Waals surface area contributed by atoms with Crippen LogP contribution in [0.4, 0.5) is 18.9 Å². The van der Waals surface area contributed by atoms with E-state index in [0.29, 0.717) is 17.3 Å². The summed E-state index contributed by atoms with van der Waals surface area (Å²) >= 11 is 5.98. The third-order valence-electron chi connectivity index (χ3n) is 3.02. The molecule has 0 fully saturated rings. The quantitative estimate of drug-likeness (QED) is 0.822. The maximum atomic E-state index is 12.8. The van der Waals surface area contributed by atoms with Crippen LogP contribution in [0.5, 0.6) is 0 Å². The van der Waals surface area contributed by atoms with Crippen molar-refractivity contribution in [3.8, 4) is 0 Å². The Balaban J connectivity index is 3.11. The molecule has 120 valence electrons. The van der Waals surface area contributed by atoms with Crippen molar-refractivity contribution >= 4 is 17.3 Å². The highest BCUT2D eigenvalue weighted by atomic mass is 35.5. The Hall–Kier alpha value is -0.940. The summed E-state index contributed by atoms with van der Waals surface area (Å²) < 4.78 is 38.4. The molecule has 21 heavy (non-hydrogen) atoms. The monoisotopic (exact) mass is 322 g/mol. The first-order valence-corrected chi connectivity index (χ1v) is 7.33. The van der Waals surface area contributed by atoms with Crippen LogP contribution < -0.4 is 10.2 Å². The van der Waals surface area contributed by atoms with Crippen LogP contribution in [0.15, 0.2) is 18.2 Å². The van der Waals surface area contributed by atoms with E-state index in [2.05, 4.69) is 5.32 Å². The third kappa shape index (κ3) is 6.14. The Kier molecular flexibility index (Phi) is 6.35. The van der Waals surface area contributed by atoms with Crippen molar-refractivity contribution in [2.24, 2.45) is 0 Å². The Labute approximate surface area is 129 Å². The van der Waals surface area contributed by atoms with Crippen molar-refractivity contribution in [2.45, 2.75) is 52.5 Å². The Bertz CT molecular complexity index is 459. The van der Waals surface area contributed by atoms with Gasteiger partial charge in [0.2, 0.25) is 0 Å². The molecule has 0 saturated carbocycles. The molecule has 0 aliphatic heterocycles. The van der Waals surface area contributed by atoms with Crippen LogP contribution in [-0.2, 0) is 6.54 Å². The molecular weight excluding hydrogens is 301 g/mol. The van der Waals surface area contributed by atoms with E-state index in [9.17, 15) is 13.2 Å². The van der Waals surface area contributed by atoms with Gasteiger partial charge in [0.15, 0.2) is 0 Å². The van der Waals surface area contributed by atoms with E-state index < -0.39 is 12.7 Å². The van der Waals surface area contributed by atoms with Crippen LogP contribution in [0, 0.1) is 0 Å². The third-order valence-corrected chi connectivity index (χ3v) is 3.26. The topological polar surface area (TPSA) is 15.3 Å². The second-order valence-corrected chi connectivity index (χ2v) is 6.08. The van der Waals surface area contributed by atoms with Gasteiger partial charge in [0.05, 0.1) is 0 Å². The summed E-state index contributed by atoms with van der Waals surface area (Å²) in [5.74, 6) is 0. The number of benzene rings is 1. The molecule has 0 unspecified atom stereocenters. The molecule has 0 aromatic heterocycles. The summed E-state index contributed by atoms with van der Waals surface area (Å²) in [6, 6.07) is 4.99. The van der Waals surface area contributed by atoms with Crippen molar-refractivity contribution < 1.29 is 13.2 Å². The van der Waals surface area contributed by atoms with E-state index in [1.165, 1.54) is 4.90 Å². The minimum atomic E-state index is -4.24. The molecular formula is C15H22ClF3N2. The van der Waals surface area contributed by atoms with Gasteiger partial charge in [-0.15, -0.1) is 0 Å². The number of rotatable bonds is 6. The van der Waals surface area contributed by atoms with E-state index in [4.69, 9.17) is 11.6 Å². The van der Waals surface area contributed by atoms with Gasteiger partial charge in [-0.25, -0.2) is 0 Å². The number of nitrogens with one attached hydrogen (secondary N) is 1. The minimum absolute atomic E-state index is 0.243. The molecule has 0 aliphatic rings. The van der Waals surface area contributed by atoms with Gasteiger partial charge in [0, 0.05) is 29.3 Å². The number of halogens is 4. The van der Waals surface area contributed by atoms with Gasteiger partial charge in [-0.3, -0.25) is 0 Å². The Morgan fingerprint density at radius 3 is 2.29 bits per heavy atom. The van der Waals surface area contributed by atoms with Crippen molar-refractivity contribution in [2.75, 3.05) is 11.4 Å². The largest absolute Gasteiger partial charge is 0.405 e. The molecule has 0 aliphatic carbocycles. The van der Waals surface area contributed by atoms with Crippen molar-refractivity contribution in [3.05, 3.63) is 28.8 Å². The van der Waals surface area contributed by atoms with Gasteiger partial charge in [0.25, 0.3) is 0 Å². The number of nitrogens with zero attached hydrogens (tertiary/aromatic N) is 1. The fourth-order valence-corrected chi connectivity index (χ4v) is 2.22. The van der Waals surface area contributed by atoms with Crippen molar-refractivity contribution in [1.29, 1.82) is 0 Å². The van der Waals surface area contributed by atoms with Gasteiger partial charge >= 0.3 is 6.18 Å². The lowest BCUT2D eigenvalue weighted by molar-refractivity contribution is -0.120. The smallest absolute Gasteiger partial charge is 0.360 e. The molecule has 2 nitrogen and oxygen atoms in total. The van der Waals surface area contributed by atoms with Gasteiger partial charge in [0.1, 0.15) is 6.54 Å². The first kappa shape index (κ1) is 18.1. The maximum absolute atomic E-state index is 12.8. The second-order valence-electron chi connectivity index (χ2n) is 5.65. The second kappa shape index (κ2) is 7.36. The number of hydrogen-bond donors (Lipinski definition) is 1. The minimum Gasteiger partial charge on any atom is -0.360 e. The predicted octanol–water partition coefficient (Wildman–Crippen LogP) is 4.62. The highest BCUT2D eigenvalue weighted by Gasteiger charge is 2.32. The van der Waals surface area contributed by atoms with E-state index in [0.717, 1.165) is 5.56 Å².